The number of fused-ring (bicyclic) bond motifs is 3. The Morgan fingerprint density at radius 1 is 1.45 bits per heavy atom. The molecule has 4 nitrogen and oxygen atoms in total. The van der Waals surface area contributed by atoms with Crippen LogP contribution in [0.5, 0.6) is 0 Å². The Bertz CT molecular complexity index is 612. The van der Waals surface area contributed by atoms with Crippen molar-refractivity contribution in [3.8, 4) is 0 Å². The Labute approximate surface area is 160 Å². The van der Waals surface area contributed by atoms with Crippen LogP contribution in [0.15, 0.2) is 30.5 Å². The van der Waals surface area contributed by atoms with Crippen molar-refractivity contribution >= 4 is 17.7 Å². The zero-order valence-corrected chi connectivity index (χ0v) is 14.8. The number of nitrogens with one attached hydrogen (secondary N) is 1. The minimum absolute atomic E-state index is 0. The minimum Gasteiger partial charge on any atom is -0.424 e. The van der Waals surface area contributed by atoms with Crippen molar-refractivity contribution in [1.82, 2.24) is 4.90 Å². The van der Waals surface area contributed by atoms with Gasteiger partial charge < -0.3 is 22.3 Å². The largest absolute Gasteiger partial charge is 1.00 e. The molecular formula is C15H15KN2O2. The molecule has 2 N–H and O–H groups in total. The second-order valence-electron chi connectivity index (χ2n) is 5.14. The first-order valence-electron chi connectivity index (χ1n) is 6.19. The van der Waals surface area contributed by atoms with Crippen LogP contribution in [0.2, 0.25) is 0 Å². The van der Waals surface area contributed by atoms with Crippen LogP contribution in [0.25, 0.3) is 6.08 Å². The predicted octanol–water partition coefficient (Wildman–Crippen LogP) is -1.44. The number of benzene rings is 1. The number of amides is 1. The summed E-state index contributed by atoms with van der Waals surface area (Å²) in [4.78, 5) is 13.9. The van der Waals surface area contributed by atoms with Gasteiger partial charge in [0, 0.05) is 6.20 Å². The topological polar surface area (TPSA) is 64.4 Å². The van der Waals surface area contributed by atoms with E-state index in [4.69, 9.17) is 5.41 Å². The van der Waals surface area contributed by atoms with Crippen molar-refractivity contribution in [2.45, 2.75) is 18.6 Å². The van der Waals surface area contributed by atoms with E-state index in [1.54, 1.807) is 6.20 Å². The third-order valence-corrected chi connectivity index (χ3v) is 4.09. The molecule has 0 aromatic heterocycles. The number of aliphatic hydroxyl groups excluding tert-OH is 1. The van der Waals surface area contributed by atoms with Gasteiger partial charge in [-0.3, -0.25) is 4.79 Å². The summed E-state index contributed by atoms with van der Waals surface area (Å²) in [5, 5.41) is 18.0. The second kappa shape index (κ2) is 5.48. The van der Waals surface area contributed by atoms with Gasteiger partial charge in [0.2, 0.25) is 5.91 Å². The van der Waals surface area contributed by atoms with E-state index in [1.807, 2.05) is 37.3 Å². The van der Waals surface area contributed by atoms with E-state index in [0.717, 1.165) is 11.1 Å². The Hall–Kier alpha value is -0.304. The van der Waals surface area contributed by atoms with Gasteiger partial charge >= 0.3 is 51.4 Å². The fraction of sp³-hybridized carbons (Fsp3) is 0.267. The molecular weight excluding hydrogens is 279 g/mol. The molecule has 1 aromatic carbocycles. The van der Waals surface area contributed by atoms with Crippen LogP contribution >= 0.6 is 0 Å². The molecule has 0 saturated carbocycles. The third kappa shape index (κ3) is 2.00. The van der Waals surface area contributed by atoms with Crippen molar-refractivity contribution in [2.75, 3.05) is 0 Å². The zero-order valence-electron chi connectivity index (χ0n) is 11.6. The van der Waals surface area contributed by atoms with Crippen LogP contribution in [-0.2, 0) is 10.3 Å². The summed E-state index contributed by atoms with van der Waals surface area (Å²) in [6.07, 6.45) is 2.46. The maximum Gasteiger partial charge on any atom is 1.00 e. The molecule has 1 aromatic rings. The Balaban J connectivity index is 0.00000147. The van der Waals surface area contributed by atoms with E-state index in [9.17, 15) is 9.90 Å². The molecule has 1 amide bonds. The molecule has 3 rings (SSSR count). The van der Waals surface area contributed by atoms with Gasteiger partial charge in [0.15, 0.2) is 0 Å². The van der Waals surface area contributed by atoms with E-state index in [0.29, 0.717) is 0 Å². The van der Waals surface area contributed by atoms with E-state index >= 15 is 0 Å². The quantitative estimate of drug-likeness (QED) is 0.492. The molecule has 2 heterocycles. The van der Waals surface area contributed by atoms with Crippen LogP contribution in [0.3, 0.4) is 0 Å². The molecule has 0 radical (unpaired) electrons. The number of aliphatic hydroxyl groups is 1. The summed E-state index contributed by atoms with van der Waals surface area (Å²) < 4.78 is 0. The van der Waals surface area contributed by atoms with Gasteiger partial charge in [0.05, 0.1) is 11.6 Å². The van der Waals surface area contributed by atoms with Crippen LogP contribution in [0.1, 0.15) is 18.1 Å². The second-order valence-corrected chi connectivity index (χ2v) is 5.14. The smallest absolute Gasteiger partial charge is 0.424 e. The van der Waals surface area contributed by atoms with Gasteiger partial charge in [0.1, 0.15) is 5.54 Å². The Kier molecular flexibility index (Phi) is 4.40. The normalized spacial score (nSPS) is 28.8. The summed E-state index contributed by atoms with van der Waals surface area (Å²) in [5.74, 6) is -1.12. The van der Waals surface area contributed by atoms with Crippen LogP contribution in [-0.4, -0.2) is 27.7 Å². The number of hydrogen-bond acceptors (Lipinski definition) is 3. The first kappa shape index (κ1) is 16.1. The van der Waals surface area contributed by atoms with Gasteiger partial charge in [-0.1, -0.05) is 30.4 Å². The molecule has 0 bridgehead atoms. The maximum absolute atomic E-state index is 12.3. The standard InChI is InChI=1S/C15H15N2O2.K/c1-9(18)12-13(16)15(2)11-6-4-3-5-10(11)7-8-17(15)14(12)19;/h3-9,12,16,18H,1H2,2H3;/q-1;+1. The minimum atomic E-state index is -1.09. The zero-order chi connectivity index (χ0) is 13.8. The molecule has 3 unspecified atom stereocenters. The molecule has 1 fully saturated rings. The fourth-order valence-corrected chi connectivity index (χ4v) is 3.02. The molecule has 0 aliphatic carbocycles. The van der Waals surface area contributed by atoms with Crippen molar-refractivity contribution in [3.05, 3.63) is 48.5 Å². The SMILES string of the molecule is [CH2-]C(O)C1C(=N)C2(C)c3ccccc3C=CN2C1=O.[K+]. The maximum atomic E-state index is 12.3. The number of rotatable bonds is 1. The Morgan fingerprint density at radius 2 is 2.10 bits per heavy atom. The first-order chi connectivity index (χ1) is 8.98. The molecule has 98 valence electrons. The molecule has 2 aliphatic heterocycles. The number of hydrogen-bond donors (Lipinski definition) is 2. The monoisotopic (exact) mass is 294 g/mol. The molecule has 20 heavy (non-hydrogen) atoms. The van der Waals surface area contributed by atoms with Crippen molar-refractivity contribution in [2.24, 2.45) is 5.92 Å². The average Bonchev–Trinajstić information content (AvgIpc) is 2.58. The van der Waals surface area contributed by atoms with Gasteiger partial charge in [0.25, 0.3) is 0 Å². The number of nitrogens with zero attached hydrogens (tertiary/aromatic N) is 1. The van der Waals surface area contributed by atoms with E-state index < -0.39 is 17.6 Å². The molecule has 5 heteroatoms. The van der Waals surface area contributed by atoms with Gasteiger partial charge in [-0.25, -0.2) is 0 Å². The first-order valence-corrected chi connectivity index (χ1v) is 6.19. The van der Waals surface area contributed by atoms with Gasteiger partial charge in [-0.05, 0) is 24.1 Å². The summed E-state index contributed by atoms with van der Waals surface area (Å²) in [5.41, 5.74) is 1.31. The summed E-state index contributed by atoms with van der Waals surface area (Å²) >= 11 is 0. The molecule has 1 saturated heterocycles. The van der Waals surface area contributed by atoms with E-state index in [-0.39, 0.29) is 63.0 Å². The summed E-state index contributed by atoms with van der Waals surface area (Å²) in [7, 11) is 0. The molecule has 0 spiro atoms. The Morgan fingerprint density at radius 3 is 2.75 bits per heavy atom. The molecule has 2 aliphatic rings. The van der Waals surface area contributed by atoms with Crippen LogP contribution in [0.4, 0.5) is 0 Å². The average molecular weight is 294 g/mol. The van der Waals surface area contributed by atoms with Gasteiger partial charge in [-0.15, -0.1) is 0 Å². The number of carbonyl (C=O) groups excluding carboxylic acids is 1. The summed E-state index contributed by atoms with van der Waals surface area (Å²) in [6, 6.07) is 7.70. The van der Waals surface area contributed by atoms with Crippen molar-refractivity contribution < 1.29 is 61.3 Å². The fourth-order valence-electron chi connectivity index (χ4n) is 3.02. The molecule has 3 atom stereocenters. The van der Waals surface area contributed by atoms with Crippen LogP contribution < -0.4 is 51.4 Å². The predicted molar refractivity (Wildman–Crippen MR) is 72.3 cm³/mol. The van der Waals surface area contributed by atoms with Crippen molar-refractivity contribution in [3.63, 3.8) is 0 Å². The van der Waals surface area contributed by atoms with E-state index in [1.165, 1.54) is 4.90 Å². The van der Waals surface area contributed by atoms with Crippen LogP contribution in [0, 0.1) is 18.3 Å². The van der Waals surface area contributed by atoms with Gasteiger partial charge in [-0.2, -0.15) is 0 Å². The van der Waals surface area contributed by atoms with Crippen molar-refractivity contribution in [1.29, 1.82) is 5.41 Å². The third-order valence-electron chi connectivity index (χ3n) is 4.09. The van der Waals surface area contributed by atoms with E-state index in [2.05, 4.69) is 6.92 Å². The number of carbonyl (C=O) groups is 1. The summed E-state index contributed by atoms with van der Waals surface area (Å²) in [6.45, 7) is 5.35.